The maximum Gasteiger partial charge on any atom is 0.250 e. The van der Waals surface area contributed by atoms with Gasteiger partial charge in [-0.15, -0.1) is 0 Å². The van der Waals surface area contributed by atoms with Crippen LogP contribution in [0.1, 0.15) is 17.2 Å². The van der Waals surface area contributed by atoms with Crippen molar-refractivity contribution in [2.75, 3.05) is 26.2 Å². The molecule has 1 heterocycles. The third kappa shape index (κ3) is 3.76. The minimum absolute atomic E-state index is 0.181. The molecule has 1 amide bonds. The summed E-state index contributed by atoms with van der Waals surface area (Å²) in [5, 5.41) is 15.9. The van der Waals surface area contributed by atoms with Gasteiger partial charge >= 0.3 is 0 Å². The molecule has 1 aliphatic rings. The van der Waals surface area contributed by atoms with Crippen LogP contribution in [-0.4, -0.2) is 43.4 Å². The summed E-state index contributed by atoms with van der Waals surface area (Å²) in [6.07, 6.45) is -1.15. The fourth-order valence-corrected chi connectivity index (χ4v) is 2.12. The van der Waals surface area contributed by atoms with Crippen molar-refractivity contribution < 1.29 is 14.6 Å². The summed E-state index contributed by atoms with van der Waals surface area (Å²) >= 11 is 0. The Kier molecular flexibility index (Phi) is 4.90. The van der Waals surface area contributed by atoms with Gasteiger partial charge in [-0.05, 0) is 18.1 Å². The van der Waals surface area contributed by atoms with Crippen molar-refractivity contribution >= 4 is 5.91 Å². The highest BCUT2D eigenvalue weighted by Crippen LogP contribution is 2.16. The van der Waals surface area contributed by atoms with Crippen LogP contribution in [0.3, 0.4) is 0 Å². The van der Waals surface area contributed by atoms with Crippen LogP contribution in [0.5, 0.6) is 0 Å². The molecule has 0 spiro atoms. The molecule has 0 aromatic heterocycles. The minimum atomic E-state index is -0.693. The number of hydrogen-bond donors (Lipinski definition) is 3. The van der Waals surface area contributed by atoms with Crippen LogP contribution in [0.25, 0.3) is 0 Å². The molecule has 0 bridgehead atoms. The number of ether oxygens (including phenoxy) is 1. The normalized spacial score (nSPS) is 20.8. The van der Waals surface area contributed by atoms with E-state index in [0.29, 0.717) is 13.2 Å². The van der Waals surface area contributed by atoms with Gasteiger partial charge in [0.15, 0.2) is 0 Å². The highest BCUT2D eigenvalue weighted by molar-refractivity contribution is 5.81. The van der Waals surface area contributed by atoms with Crippen molar-refractivity contribution in [1.82, 2.24) is 10.6 Å². The van der Waals surface area contributed by atoms with Gasteiger partial charge in [0.25, 0.3) is 5.91 Å². The van der Waals surface area contributed by atoms with Crippen LogP contribution in [0.2, 0.25) is 0 Å². The van der Waals surface area contributed by atoms with E-state index in [1.807, 2.05) is 31.2 Å². The summed E-state index contributed by atoms with van der Waals surface area (Å²) in [6, 6.07) is 7.60. The zero-order chi connectivity index (χ0) is 13.7. The predicted octanol–water partition coefficient (Wildman–Crippen LogP) is 0.133. The van der Waals surface area contributed by atoms with Gasteiger partial charge in [-0.25, -0.2) is 0 Å². The van der Waals surface area contributed by atoms with Gasteiger partial charge in [0.2, 0.25) is 0 Å². The van der Waals surface area contributed by atoms with Gasteiger partial charge < -0.3 is 20.5 Å². The molecule has 1 aromatic carbocycles. The zero-order valence-corrected chi connectivity index (χ0v) is 11.1. The number of carbonyl (C=O) groups excluding carboxylic acids is 1. The zero-order valence-electron chi connectivity index (χ0n) is 11.1. The predicted molar refractivity (Wildman–Crippen MR) is 71.8 cm³/mol. The molecule has 19 heavy (non-hydrogen) atoms. The number of amides is 1. The van der Waals surface area contributed by atoms with Gasteiger partial charge in [-0.3, -0.25) is 4.79 Å². The first kappa shape index (κ1) is 14.0. The number of nitrogens with one attached hydrogen (secondary N) is 2. The fraction of sp³-hybridized carbons (Fsp3) is 0.500. The summed E-state index contributed by atoms with van der Waals surface area (Å²) in [5.41, 5.74) is 1.85. The van der Waals surface area contributed by atoms with Gasteiger partial charge in [-0.1, -0.05) is 24.3 Å². The number of hydrogen-bond acceptors (Lipinski definition) is 4. The molecule has 104 valence electrons. The minimum Gasteiger partial charge on any atom is -0.387 e. The number of rotatable bonds is 4. The number of aliphatic hydroxyl groups is 1. The smallest absolute Gasteiger partial charge is 0.250 e. The molecule has 0 radical (unpaired) electrons. The first-order valence-electron chi connectivity index (χ1n) is 6.52. The average Bonchev–Trinajstić information content (AvgIpc) is 2.46. The lowest BCUT2D eigenvalue weighted by molar-refractivity contribution is -0.134. The van der Waals surface area contributed by atoms with Gasteiger partial charge in [0.05, 0.1) is 12.7 Å². The monoisotopic (exact) mass is 264 g/mol. The van der Waals surface area contributed by atoms with Gasteiger partial charge in [-0.2, -0.15) is 0 Å². The summed E-state index contributed by atoms with van der Waals surface area (Å²) in [7, 11) is 0. The maximum atomic E-state index is 11.8. The lowest BCUT2D eigenvalue weighted by Gasteiger charge is -2.23. The quantitative estimate of drug-likeness (QED) is 0.723. The largest absolute Gasteiger partial charge is 0.387 e. The van der Waals surface area contributed by atoms with Crippen LogP contribution < -0.4 is 10.6 Å². The van der Waals surface area contributed by atoms with Crippen LogP contribution in [0.4, 0.5) is 0 Å². The lowest BCUT2D eigenvalue weighted by atomic mass is 10.0. The fourth-order valence-electron chi connectivity index (χ4n) is 2.12. The molecule has 5 nitrogen and oxygen atoms in total. The van der Waals surface area contributed by atoms with E-state index < -0.39 is 12.2 Å². The van der Waals surface area contributed by atoms with Gasteiger partial charge in [0, 0.05) is 19.6 Å². The van der Waals surface area contributed by atoms with E-state index in [-0.39, 0.29) is 12.5 Å². The Balaban J connectivity index is 1.84. The average molecular weight is 264 g/mol. The lowest BCUT2D eigenvalue weighted by Crippen LogP contribution is -2.48. The Bertz CT molecular complexity index is 430. The molecule has 0 aliphatic carbocycles. The van der Waals surface area contributed by atoms with Gasteiger partial charge in [0.1, 0.15) is 6.10 Å². The third-order valence-electron chi connectivity index (χ3n) is 3.24. The number of carbonyl (C=O) groups is 1. The first-order valence-corrected chi connectivity index (χ1v) is 6.52. The molecule has 0 saturated carbocycles. The van der Waals surface area contributed by atoms with E-state index in [2.05, 4.69) is 10.6 Å². The molecule has 5 heteroatoms. The summed E-state index contributed by atoms with van der Waals surface area (Å²) < 4.78 is 5.35. The summed E-state index contributed by atoms with van der Waals surface area (Å²) in [5.74, 6) is -0.181. The van der Waals surface area contributed by atoms with Crippen LogP contribution >= 0.6 is 0 Å². The molecule has 2 unspecified atom stereocenters. The molecule has 1 aromatic rings. The topological polar surface area (TPSA) is 70.6 Å². The molecule has 1 aliphatic heterocycles. The summed E-state index contributed by atoms with van der Waals surface area (Å²) in [6.45, 7) is 3.97. The van der Waals surface area contributed by atoms with E-state index in [1.54, 1.807) is 0 Å². The Morgan fingerprint density at radius 2 is 2.37 bits per heavy atom. The molecule has 2 atom stereocenters. The van der Waals surface area contributed by atoms with Crippen LogP contribution in [-0.2, 0) is 9.53 Å². The Hall–Kier alpha value is -1.43. The highest BCUT2D eigenvalue weighted by atomic mass is 16.5. The number of aliphatic hydroxyl groups excluding tert-OH is 1. The Morgan fingerprint density at radius 1 is 1.58 bits per heavy atom. The second kappa shape index (κ2) is 6.65. The van der Waals surface area contributed by atoms with Crippen LogP contribution in [0.15, 0.2) is 24.3 Å². The van der Waals surface area contributed by atoms with Crippen molar-refractivity contribution in [1.29, 1.82) is 0 Å². The Morgan fingerprint density at radius 3 is 3.05 bits per heavy atom. The molecule has 3 N–H and O–H groups in total. The van der Waals surface area contributed by atoms with E-state index in [0.717, 1.165) is 17.7 Å². The van der Waals surface area contributed by atoms with E-state index in [4.69, 9.17) is 4.74 Å². The maximum absolute atomic E-state index is 11.8. The van der Waals surface area contributed by atoms with Crippen LogP contribution in [0, 0.1) is 6.92 Å². The number of morpholine rings is 1. The molecule has 1 saturated heterocycles. The van der Waals surface area contributed by atoms with E-state index >= 15 is 0 Å². The van der Waals surface area contributed by atoms with Crippen molar-refractivity contribution in [3.63, 3.8) is 0 Å². The first-order chi connectivity index (χ1) is 9.18. The standard InChI is InChI=1S/C14H20N2O3/c1-10-4-2-3-5-11(10)12(17)8-16-14(18)13-9-15-6-7-19-13/h2-5,12-13,15,17H,6-9H2,1H3,(H,16,18). The molecular weight excluding hydrogens is 244 g/mol. The van der Waals surface area contributed by atoms with Crippen molar-refractivity contribution in [3.05, 3.63) is 35.4 Å². The molecule has 1 fully saturated rings. The van der Waals surface area contributed by atoms with E-state index in [1.165, 1.54) is 0 Å². The van der Waals surface area contributed by atoms with Crippen molar-refractivity contribution in [2.45, 2.75) is 19.1 Å². The SMILES string of the molecule is Cc1ccccc1C(O)CNC(=O)C1CNCCO1. The number of benzene rings is 1. The van der Waals surface area contributed by atoms with Crippen molar-refractivity contribution in [3.8, 4) is 0 Å². The second-order valence-electron chi connectivity index (χ2n) is 4.68. The molecular formula is C14H20N2O3. The summed E-state index contributed by atoms with van der Waals surface area (Å²) in [4.78, 5) is 11.8. The highest BCUT2D eigenvalue weighted by Gasteiger charge is 2.22. The number of aryl methyl sites for hydroxylation is 1. The Labute approximate surface area is 113 Å². The molecule has 2 rings (SSSR count). The second-order valence-corrected chi connectivity index (χ2v) is 4.68. The van der Waals surface area contributed by atoms with E-state index in [9.17, 15) is 9.90 Å². The van der Waals surface area contributed by atoms with Crippen molar-refractivity contribution in [2.24, 2.45) is 0 Å². The third-order valence-corrected chi connectivity index (χ3v) is 3.24.